The van der Waals surface area contributed by atoms with E-state index < -0.39 is 0 Å². The van der Waals surface area contributed by atoms with E-state index in [4.69, 9.17) is 9.47 Å². The Hall–Kier alpha value is -3.32. The largest absolute Gasteiger partial charge is 0.497 e. The molecule has 0 aliphatic carbocycles. The highest BCUT2D eigenvalue weighted by atomic mass is 16.5. The molecule has 3 heterocycles. The van der Waals surface area contributed by atoms with Gasteiger partial charge in [0.1, 0.15) is 17.2 Å². The number of fused-ring (bicyclic) bond motifs is 1. The van der Waals surface area contributed by atoms with E-state index in [-0.39, 0.29) is 5.91 Å². The van der Waals surface area contributed by atoms with Crippen molar-refractivity contribution in [2.75, 3.05) is 33.9 Å². The van der Waals surface area contributed by atoms with Crippen molar-refractivity contribution in [3.63, 3.8) is 0 Å². The molecule has 2 aliphatic heterocycles. The number of hydrogen-bond acceptors (Lipinski definition) is 5. The van der Waals surface area contributed by atoms with Crippen LogP contribution in [-0.4, -0.2) is 65.4 Å². The third-order valence-electron chi connectivity index (χ3n) is 6.91. The van der Waals surface area contributed by atoms with E-state index in [0.29, 0.717) is 23.2 Å². The van der Waals surface area contributed by atoms with Gasteiger partial charge in [-0.05, 0) is 48.2 Å². The van der Waals surface area contributed by atoms with Crippen molar-refractivity contribution in [1.29, 1.82) is 0 Å². The summed E-state index contributed by atoms with van der Waals surface area (Å²) >= 11 is 0. The van der Waals surface area contributed by atoms with Crippen molar-refractivity contribution in [3.8, 4) is 22.8 Å². The molecule has 172 valence electrons. The van der Waals surface area contributed by atoms with Gasteiger partial charge in [0, 0.05) is 44.8 Å². The van der Waals surface area contributed by atoms with Crippen LogP contribution in [0.3, 0.4) is 0 Å². The second-order valence-corrected chi connectivity index (χ2v) is 8.79. The van der Waals surface area contributed by atoms with Crippen molar-refractivity contribution < 1.29 is 14.3 Å². The van der Waals surface area contributed by atoms with Crippen LogP contribution in [0.5, 0.6) is 11.5 Å². The van der Waals surface area contributed by atoms with Gasteiger partial charge in [0.25, 0.3) is 5.91 Å². The average Bonchev–Trinajstić information content (AvgIpc) is 3.50. The molecule has 2 aliphatic rings. The van der Waals surface area contributed by atoms with Gasteiger partial charge in [-0.25, -0.2) is 0 Å². The van der Waals surface area contributed by atoms with Crippen LogP contribution in [0, 0.1) is 0 Å². The lowest BCUT2D eigenvalue weighted by atomic mass is 9.98. The van der Waals surface area contributed by atoms with Crippen LogP contribution in [0.1, 0.15) is 28.0 Å². The third kappa shape index (κ3) is 4.09. The minimum Gasteiger partial charge on any atom is -0.497 e. The number of nitrogens with zero attached hydrogens (tertiary/aromatic N) is 4. The molecule has 0 radical (unpaired) electrons. The Morgan fingerprint density at radius 1 is 1.03 bits per heavy atom. The maximum Gasteiger partial charge on any atom is 0.272 e. The fourth-order valence-electron chi connectivity index (χ4n) is 5.03. The zero-order valence-electron chi connectivity index (χ0n) is 19.5. The van der Waals surface area contributed by atoms with E-state index >= 15 is 0 Å². The molecule has 0 N–H and O–H groups in total. The smallest absolute Gasteiger partial charge is 0.272 e. The molecule has 1 aromatic heterocycles. The molecule has 1 unspecified atom stereocenters. The van der Waals surface area contributed by atoms with E-state index in [2.05, 4.69) is 34.3 Å². The first-order chi connectivity index (χ1) is 16.1. The number of amides is 1. The van der Waals surface area contributed by atoms with Crippen LogP contribution >= 0.6 is 0 Å². The van der Waals surface area contributed by atoms with Crippen molar-refractivity contribution >= 4 is 5.91 Å². The van der Waals surface area contributed by atoms with Gasteiger partial charge >= 0.3 is 0 Å². The SMILES string of the molecule is COc1ccc(OC)c(-c2cc(C(=O)N3CCC(N4CCc5ccccc5C4)C3)n(C)n2)c1. The van der Waals surface area contributed by atoms with Crippen LogP contribution in [0.25, 0.3) is 11.3 Å². The molecular weight excluding hydrogens is 416 g/mol. The summed E-state index contributed by atoms with van der Waals surface area (Å²) in [4.78, 5) is 17.9. The van der Waals surface area contributed by atoms with Crippen LogP contribution in [0.4, 0.5) is 0 Å². The van der Waals surface area contributed by atoms with Gasteiger partial charge in [-0.2, -0.15) is 5.10 Å². The van der Waals surface area contributed by atoms with E-state index in [1.54, 1.807) is 18.9 Å². The molecule has 0 bridgehead atoms. The van der Waals surface area contributed by atoms with Gasteiger partial charge in [-0.15, -0.1) is 0 Å². The molecule has 2 aromatic carbocycles. The number of hydrogen-bond donors (Lipinski definition) is 0. The Balaban J connectivity index is 1.32. The monoisotopic (exact) mass is 446 g/mol. The summed E-state index contributed by atoms with van der Waals surface area (Å²) in [5.41, 5.74) is 4.95. The number of likely N-dealkylation sites (tertiary alicyclic amines) is 1. The molecule has 5 rings (SSSR count). The lowest BCUT2D eigenvalue weighted by Gasteiger charge is -2.33. The number of benzene rings is 2. The lowest BCUT2D eigenvalue weighted by Crippen LogP contribution is -2.41. The Kier molecular flexibility index (Phi) is 5.81. The topological polar surface area (TPSA) is 59.8 Å². The summed E-state index contributed by atoms with van der Waals surface area (Å²) in [5, 5.41) is 4.61. The highest BCUT2D eigenvalue weighted by Gasteiger charge is 2.33. The Morgan fingerprint density at radius 2 is 1.85 bits per heavy atom. The molecule has 1 saturated heterocycles. The summed E-state index contributed by atoms with van der Waals surface area (Å²) in [6.45, 7) is 3.54. The summed E-state index contributed by atoms with van der Waals surface area (Å²) < 4.78 is 12.5. The normalized spacial score (nSPS) is 18.3. The standard InChI is InChI=1S/C26H30N4O3/c1-28-24(15-23(27-28)22-14-21(32-2)8-9-25(22)33-3)26(31)30-13-11-20(17-30)29-12-10-18-6-4-5-7-19(18)16-29/h4-9,14-15,20H,10-13,16-17H2,1-3H3. The van der Waals surface area contributed by atoms with Crippen molar-refractivity contribution in [2.45, 2.75) is 25.4 Å². The van der Waals surface area contributed by atoms with Gasteiger partial charge in [-0.3, -0.25) is 14.4 Å². The van der Waals surface area contributed by atoms with Gasteiger partial charge < -0.3 is 14.4 Å². The van der Waals surface area contributed by atoms with Gasteiger partial charge in [0.05, 0.1) is 19.9 Å². The summed E-state index contributed by atoms with van der Waals surface area (Å²) in [6.07, 6.45) is 2.08. The van der Waals surface area contributed by atoms with Crippen molar-refractivity contribution in [3.05, 3.63) is 65.4 Å². The zero-order chi connectivity index (χ0) is 22.9. The molecule has 7 heteroatoms. The predicted molar refractivity (Wildman–Crippen MR) is 127 cm³/mol. The minimum absolute atomic E-state index is 0.0259. The first-order valence-electron chi connectivity index (χ1n) is 11.4. The van der Waals surface area contributed by atoms with E-state index in [1.165, 1.54) is 11.1 Å². The lowest BCUT2D eigenvalue weighted by molar-refractivity contribution is 0.0762. The molecule has 0 spiro atoms. The number of rotatable bonds is 5. The number of aryl methyl sites for hydroxylation is 1. The number of ether oxygens (including phenoxy) is 2. The van der Waals surface area contributed by atoms with Crippen LogP contribution in [0.15, 0.2) is 48.5 Å². The fourth-order valence-corrected chi connectivity index (χ4v) is 5.03. The van der Waals surface area contributed by atoms with Crippen molar-refractivity contribution in [2.24, 2.45) is 7.05 Å². The van der Waals surface area contributed by atoms with E-state index in [0.717, 1.165) is 50.3 Å². The van der Waals surface area contributed by atoms with Crippen LogP contribution < -0.4 is 9.47 Å². The number of carbonyl (C=O) groups is 1. The predicted octanol–water partition coefficient (Wildman–Crippen LogP) is 3.38. The highest BCUT2D eigenvalue weighted by molar-refractivity contribution is 5.94. The molecular formula is C26H30N4O3. The summed E-state index contributed by atoms with van der Waals surface area (Å²) in [6, 6.07) is 16.5. The zero-order valence-corrected chi connectivity index (χ0v) is 19.5. The number of carbonyl (C=O) groups excluding carboxylic acids is 1. The number of aromatic nitrogens is 2. The van der Waals surface area contributed by atoms with E-state index in [1.807, 2.05) is 36.2 Å². The molecule has 7 nitrogen and oxygen atoms in total. The second-order valence-electron chi connectivity index (χ2n) is 8.79. The first-order valence-corrected chi connectivity index (χ1v) is 11.4. The molecule has 0 saturated carbocycles. The first kappa shape index (κ1) is 21.5. The summed E-state index contributed by atoms with van der Waals surface area (Å²) in [5.74, 6) is 1.44. The molecule has 3 aromatic rings. The molecule has 1 fully saturated rings. The molecule has 1 amide bonds. The minimum atomic E-state index is 0.0259. The number of methoxy groups -OCH3 is 2. The van der Waals surface area contributed by atoms with Gasteiger partial charge in [-0.1, -0.05) is 24.3 Å². The van der Waals surface area contributed by atoms with Crippen LogP contribution in [0.2, 0.25) is 0 Å². The van der Waals surface area contributed by atoms with Crippen LogP contribution in [-0.2, 0) is 20.0 Å². The van der Waals surface area contributed by atoms with Gasteiger partial charge in [0.2, 0.25) is 0 Å². The second kappa shape index (κ2) is 8.90. The van der Waals surface area contributed by atoms with Crippen molar-refractivity contribution in [1.82, 2.24) is 19.6 Å². The van der Waals surface area contributed by atoms with E-state index in [9.17, 15) is 4.79 Å². The summed E-state index contributed by atoms with van der Waals surface area (Å²) in [7, 11) is 5.08. The quantitative estimate of drug-likeness (QED) is 0.601. The third-order valence-corrected chi connectivity index (χ3v) is 6.91. The Bertz CT molecular complexity index is 1170. The molecule has 33 heavy (non-hydrogen) atoms. The fraction of sp³-hybridized carbons (Fsp3) is 0.385. The maximum absolute atomic E-state index is 13.4. The maximum atomic E-state index is 13.4. The Morgan fingerprint density at radius 3 is 2.64 bits per heavy atom. The average molecular weight is 447 g/mol. The Labute approximate surface area is 194 Å². The molecule has 1 atom stereocenters. The highest BCUT2D eigenvalue weighted by Crippen LogP contribution is 2.33. The van der Waals surface area contributed by atoms with Gasteiger partial charge in [0.15, 0.2) is 0 Å².